The summed E-state index contributed by atoms with van der Waals surface area (Å²) in [7, 11) is 0. The summed E-state index contributed by atoms with van der Waals surface area (Å²) in [5, 5.41) is 0. The van der Waals surface area contributed by atoms with Crippen LogP contribution in [0.25, 0.3) is 0 Å². The highest BCUT2D eigenvalue weighted by Crippen LogP contribution is 2.48. The minimum absolute atomic E-state index is 0.166. The lowest BCUT2D eigenvalue weighted by atomic mass is 10.3. The zero-order valence-electron chi connectivity index (χ0n) is 7.74. The second kappa shape index (κ2) is 3.58. The molecule has 1 aliphatic rings. The zero-order chi connectivity index (χ0) is 10.3. The second-order valence-electron chi connectivity index (χ2n) is 3.24. The molecule has 0 atom stereocenters. The van der Waals surface area contributed by atoms with Crippen molar-refractivity contribution in [1.82, 2.24) is 0 Å². The molecule has 0 saturated heterocycles. The highest BCUT2D eigenvalue weighted by molar-refractivity contribution is 8.05. The Balaban J connectivity index is 2.11. The van der Waals surface area contributed by atoms with E-state index in [9.17, 15) is 4.39 Å². The van der Waals surface area contributed by atoms with Gasteiger partial charge in [-0.1, -0.05) is 35.7 Å². The highest BCUT2D eigenvalue weighted by Gasteiger charge is 2.16. The molecule has 0 aliphatic carbocycles. The van der Waals surface area contributed by atoms with Crippen molar-refractivity contribution in [3.8, 4) is 0 Å². The predicted molar refractivity (Wildman–Crippen MR) is 61.1 cm³/mol. The van der Waals surface area contributed by atoms with Crippen molar-refractivity contribution in [3.63, 3.8) is 0 Å². The first-order chi connectivity index (χ1) is 7.33. The van der Waals surface area contributed by atoms with Crippen LogP contribution in [0.5, 0.6) is 0 Å². The van der Waals surface area contributed by atoms with Crippen molar-refractivity contribution in [2.24, 2.45) is 0 Å². The van der Waals surface area contributed by atoms with Gasteiger partial charge in [0, 0.05) is 19.6 Å². The van der Waals surface area contributed by atoms with Crippen LogP contribution >= 0.6 is 23.5 Å². The molecule has 1 aliphatic heterocycles. The molecule has 0 amide bonds. The van der Waals surface area contributed by atoms with Crippen molar-refractivity contribution >= 4 is 23.5 Å². The molecule has 2 aromatic rings. The smallest absolute Gasteiger partial charge is 0.124 e. The summed E-state index contributed by atoms with van der Waals surface area (Å²) in [5.74, 6) is -0.166. The van der Waals surface area contributed by atoms with Crippen LogP contribution in [0.3, 0.4) is 0 Å². The molecule has 3 rings (SSSR count). The van der Waals surface area contributed by atoms with Gasteiger partial charge in [-0.3, -0.25) is 0 Å². The predicted octanol–water partition coefficient (Wildman–Crippen LogP) is 4.44. The second-order valence-corrected chi connectivity index (χ2v) is 5.41. The van der Waals surface area contributed by atoms with E-state index >= 15 is 0 Å². The molecule has 15 heavy (non-hydrogen) atoms. The molecular formula is C12H7FS2. The minimum Gasteiger partial charge on any atom is -0.207 e. The van der Waals surface area contributed by atoms with Gasteiger partial charge in [-0.05, 0) is 30.3 Å². The first kappa shape index (κ1) is 9.31. The van der Waals surface area contributed by atoms with Gasteiger partial charge in [-0.2, -0.15) is 0 Å². The van der Waals surface area contributed by atoms with Crippen molar-refractivity contribution in [2.75, 3.05) is 0 Å². The molecule has 0 spiro atoms. The third-order valence-corrected chi connectivity index (χ3v) is 4.74. The van der Waals surface area contributed by atoms with Gasteiger partial charge in [0.1, 0.15) is 5.82 Å². The molecule has 0 bridgehead atoms. The summed E-state index contributed by atoms with van der Waals surface area (Å²) in [6.07, 6.45) is 0. The fourth-order valence-electron chi connectivity index (χ4n) is 1.50. The van der Waals surface area contributed by atoms with Crippen molar-refractivity contribution in [1.29, 1.82) is 0 Å². The van der Waals surface area contributed by atoms with Crippen molar-refractivity contribution in [2.45, 2.75) is 19.6 Å². The Morgan fingerprint density at radius 3 is 2.07 bits per heavy atom. The van der Waals surface area contributed by atoms with Crippen LogP contribution in [0.15, 0.2) is 62.0 Å². The van der Waals surface area contributed by atoms with E-state index in [1.54, 1.807) is 29.6 Å². The third-order valence-electron chi connectivity index (χ3n) is 2.19. The van der Waals surface area contributed by atoms with Gasteiger partial charge >= 0.3 is 0 Å². The summed E-state index contributed by atoms with van der Waals surface area (Å²) >= 11 is 3.34. The Bertz CT molecular complexity index is 523. The Morgan fingerprint density at radius 1 is 0.733 bits per heavy atom. The lowest BCUT2D eigenvalue weighted by Crippen LogP contribution is -1.89. The molecule has 0 nitrogen and oxygen atoms in total. The monoisotopic (exact) mass is 234 g/mol. The molecule has 1 heterocycles. The average molecular weight is 234 g/mol. The number of halogens is 1. The van der Waals surface area contributed by atoms with Gasteiger partial charge in [0.05, 0.1) is 0 Å². The number of benzene rings is 2. The van der Waals surface area contributed by atoms with Gasteiger partial charge in [0.15, 0.2) is 0 Å². The zero-order valence-corrected chi connectivity index (χ0v) is 9.37. The van der Waals surface area contributed by atoms with E-state index < -0.39 is 0 Å². The quantitative estimate of drug-likeness (QED) is 0.564. The Labute approximate surface area is 95.9 Å². The molecule has 0 saturated carbocycles. The van der Waals surface area contributed by atoms with E-state index in [0.29, 0.717) is 0 Å². The summed E-state index contributed by atoms with van der Waals surface area (Å²) < 4.78 is 13.0. The van der Waals surface area contributed by atoms with Gasteiger partial charge in [0.25, 0.3) is 0 Å². The lowest BCUT2D eigenvalue weighted by molar-refractivity contribution is 0.621. The number of fused-ring (bicyclic) bond motifs is 2. The van der Waals surface area contributed by atoms with E-state index in [-0.39, 0.29) is 5.82 Å². The minimum atomic E-state index is -0.166. The first-order valence-electron chi connectivity index (χ1n) is 4.57. The molecule has 0 radical (unpaired) electrons. The van der Waals surface area contributed by atoms with Gasteiger partial charge in [0.2, 0.25) is 0 Å². The molecule has 74 valence electrons. The first-order valence-corrected chi connectivity index (χ1v) is 6.20. The molecule has 0 aromatic heterocycles. The molecule has 3 heteroatoms. The molecule has 2 aromatic carbocycles. The fourth-order valence-corrected chi connectivity index (χ4v) is 3.74. The van der Waals surface area contributed by atoms with E-state index in [1.807, 2.05) is 18.2 Å². The van der Waals surface area contributed by atoms with Crippen LogP contribution in [0.1, 0.15) is 0 Å². The maximum Gasteiger partial charge on any atom is 0.124 e. The van der Waals surface area contributed by atoms with E-state index in [1.165, 1.54) is 15.9 Å². The number of hydrogen-bond donors (Lipinski definition) is 0. The fraction of sp³-hybridized carbons (Fsp3) is 0. The summed E-state index contributed by atoms with van der Waals surface area (Å²) in [4.78, 5) is 4.61. The Kier molecular flexibility index (Phi) is 2.22. The molecular weight excluding hydrogens is 227 g/mol. The van der Waals surface area contributed by atoms with E-state index in [0.717, 1.165) is 9.79 Å². The van der Waals surface area contributed by atoms with Crippen LogP contribution in [-0.4, -0.2) is 0 Å². The van der Waals surface area contributed by atoms with Gasteiger partial charge in [-0.15, -0.1) is 0 Å². The van der Waals surface area contributed by atoms with Crippen LogP contribution in [0.4, 0.5) is 4.39 Å². The SMILES string of the molecule is Fc1ccc2c(c1)Sc1ccccc1S2. The number of hydrogen-bond acceptors (Lipinski definition) is 2. The molecule has 0 fully saturated rings. The normalized spacial score (nSPS) is 13.1. The van der Waals surface area contributed by atoms with Crippen LogP contribution in [0.2, 0.25) is 0 Å². The van der Waals surface area contributed by atoms with Crippen molar-refractivity contribution < 1.29 is 4.39 Å². The number of rotatable bonds is 0. The maximum absolute atomic E-state index is 13.0. The standard InChI is InChI=1S/C12H7FS2/c13-8-5-6-11-12(7-8)15-10-4-2-1-3-9(10)14-11/h1-7H. The van der Waals surface area contributed by atoms with Crippen LogP contribution in [0, 0.1) is 5.82 Å². The van der Waals surface area contributed by atoms with Gasteiger partial charge < -0.3 is 0 Å². The maximum atomic E-state index is 13.0. The Morgan fingerprint density at radius 2 is 1.33 bits per heavy atom. The lowest BCUT2D eigenvalue weighted by Gasteiger charge is -2.17. The Hall–Kier alpha value is -0.930. The highest BCUT2D eigenvalue weighted by atomic mass is 32.2. The molecule has 0 N–H and O–H groups in total. The van der Waals surface area contributed by atoms with E-state index in [4.69, 9.17) is 0 Å². The summed E-state index contributed by atoms with van der Waals surface area (Å²) in [6.45, 7) is 0. The average Bonchev–Trinajstić information content (AvgIpc) is 2.26. The topological polar surface area (TPSA) is 0 Å². The van der Waals surface area contributed by atoms with Crippen molar-refractivity contribution in [3.05, 3.63) is 48.3 Å². The van der Waals surface area contributed by atoms with Gasteiger partial charge in [-0.25, -0.2) is 4.39 Å². The largest absolute Gasteiger partial charge is 0.207 e. The summed E-state index contributed by atoms with van der Waals surface area (Å²) in [6, 6.07) is 13.2. The molecule has 0 unspecified atom stereocenters. The van der Waals surface area contributed by atoms with E-state index in [2.05, 4.69) is 12.1 Å². The summed E-state index contributed by atoms with van der Waals surface area (Å²) in [5.41, 5.74) is 0. The third kappa shape index (κ3) is 1.66. The van der Waals surface area contributed by atoms with Crippen LogP contribution < -0.4 is 0 Å². The van der Waals surface area contributed by atoms with Crippen LogP contribution in [-0.2, 0) is 0 Å².